The van der Waals surface area contributed by atoms with Crippen LogP contribution in [0.2, 0.25) is 0 Å². The van der Waals surface area contributed by atoms with Crippen LogP contribution in [0.5, 0.6) is 11.5 Å². The molecule has 0 radical (unpaired) electrons. The topological polar surface area (TPSA) is 61.8 Å². The van der Waals surface area contributed by atoms with Crippen molar-refractivity contribution in [3.8, 4) is 11.5 Å². The molecule has 0 N–H and O–H groups in total. The van der Waals surface area contributed by atoms with Crippen molar-refractivity contribution in [1.29, 1.82) is 0 Å². The van der Waals surface area contributed by atoms with Crippen molar-refractivity contribution >= 4 is 11.8 Å². The summed E-state index contributed by atoms with van der Waals surface area (Å²) in [5.41, 5.74) is 0.398. The van der Waals surface area contributed by atoms with Crippen molar-refractivity contribution in [1.82, 2.24) is 0 Å². The summed E-state index contributed by atoms with van der Waals surface area (Å²) in [7, 11) is 0. The molecule has 0 aromatic heterocycles. The number of esters is 1. The molecule has 5 nitrogen and oxygen atoms in total. The Morgan fingerprint density at radius 3 is 2.68 bits per heavy atom. The van der Waals surface area contributed by atoms with Crippen LogP contribution in [0.1, 0.15) is 20.7 Å². The summed E-state index contributed by atoms with van der Waals surface area (Å²) in [4.78, 5) is 23.7. The molecule has 0 amide bonds. The molecule has 0 saturated carbocycles. The first-order chi connectivity index (χ1) is 10.6. The molecule has 3 rings (SSSR count). The summed E-state index contributed by atoms with van der Waals surface area (Å²) >= 11 is 0. The molecule has 1 aliphatic rings. The summed E-state index contributed by atoms with van der Waals surface area (Å²) in [6.07, 6.45) is 0. The van der Waals surface area contributed by atoms with Gasteiger partial charge in [0.15, 0.2) is 23.9 Å². The van der Waals surface area contributed by atoms with E-state index in [0.29, 0.717) is 11.5 Å². The number of Topliss-reactive ketones (excluding diaryl/α,β-unsaturated/α-hetero) is 1. The molecule has 6 heteroatoms. The van der Waals surface area contributed by atoms with E-state index in [4.69, 9.17) is 14.2 Å². The molecule has 0 bridgehead atoms. The fourth-order valence-corrected chi connectivity index (χ4v) is 1.98. The van der Waals surface area contributed by atoms with E-state index < -0.39 is 24.2 Å². The van der Waals surface area contributed by atoms with Crippen LogP contribution in [0.3, 0.4) is 0 Å². The predicted octanol–water partition coefficient (Wildman–Crippen LogP) is 2.59. The highest BCUT2D eigenvalue weighted by Crippen LogP contribution is 2.32. The highest BCUT2D eigenvalue weighted by molar-refractivity contribution is 5.99. The van der Waals surface area contributed by atoms with E-state index in [1.807, 2.05) is 0 Å². The van der Waals surface area contributed by atoms with Gasteiger partial charge in [0, 0.05) is 5.56 Å². The molecule has 0 fully saturated rings. The highest BCUT2D eigenvalue weighted by atomic mass is 19.1. The fraction of sp³-hybridized carbons (Fsp3) is 0.125. The number of carbonyl (C=O) groups excluding carboxylic acids is 2. The molecule has 0 atom stereocenters. The number of rotatable bonds is 4. The van der Waals surface area contributed by atoms with Crippen molar-refractivity contribution in [2.75, 3.05) is 13.4 Å². The lowest BCUT2D eigenvalue weighted by molar-refractivity contribution is 0.0474. The van der Waals surface area contributed by atoms with Crippen LogP contribution in [0.15, 0.2) is 42.5 Å². The van der Waals surface area contributed by atoms with Gasteiger partial charge in [-0.1, -0.05) is 12.1 Å². The number of ether oxygens (including phenoxy) is 3. The Morgan fingerprint density at radius 2 is 1.86 bits per heavy atom. The van der Waals surface area contributed by atoms with Crippen LogP contribution in [0, 0.1) is 5.82 Å². The lowest BCUT2D eigenvalue weighted by atomic mass is 10.1. The van der Waals surface area contributed by atoms with Crippen molar-refractivity contribution in [3.05, 3.63) is 59.4 Å². The number of ketones is 1. The van der Waals surface area contributed by atoms with Crippen LogP contribution in [-0.2, 0) is 4.74 Å². The predicted molar refractivity (Wildman–Crippen MR) is 73.6 cm³/mol. The molecule has 0 unspecified atom stereocenters. The maximum absolute atomic E-state index is 13.0. The second kappa shape index (κ2) is 5.85. The molecule has 1 aliphatic heterocycles. The van der Waals surface area contributed by atoms with Gasteiger partial charge < -0.3 is 14.2 Å². The monoisotopic (exact) mass is 302 g/mol. The molecule has 0 spiro atoms. The number of benzene rings is 2. The first-order valence-corrected chi connectivity index (χ1v) is 6.49. The van der Waals surface area contributed by atoms with Gasteiger partial charge in [-0.3, -0.25) is 4.79 Å². The molecule has 2 aromatic carbocycles. The Morgan fingerprint density at radius 1 is 1.05 bits per heavy atom. The van der Waals surface area contributed by atoms with E-state index >= 15 is 0 Å². The van der Waals surface area contributed by atoms with Gasteiger partial charge in [-0.05, 0) is 30.3 Å². The normalized spacial score (nSPS) is 12.0. The Balaban J connectivity index is 1.64. The molecule has 112 valence electrons. The second-order valence-corrected chi connectivity index (χ2v) is 4.58. The lowest BCUT2D eigenvalue weighted by Gasteiger charge is -2.05. The van der Waals surface area contributed by atoms with Crippen molar-refractivity contribution in [2.24, 2.45) is 0 Å². The highest BCUT2D eigenvalue weighted by Gasteiger charge is 2.18. The smallest absolute Gasteiger partial charge is 0.338 e. The van der Waals surface area contributed by atoms with Gasteiger partial charge in [-0.2, -0.15) is 0 Å². The first-order valence-electron chi connectivity index (χ1n) is 6.49. The number of halogens is 1. The van der Waals surface area contributed by atoms with E-state index in [2.05, 4.69) is 0 Å². The number of hydrogen-bond donors (Lipinski definition) is 0. The minimum Gasteiger partial charge on any atom is -0.454 e. The maximum Gasteiger partial charge on any atom is 0.338 e. The third-order valence-electron chi connectivity index (χ3n) is 3.09. The Labute approximate surface area is 125 Å². The average molecular weight is 302 g/mol. The maximum atomic E-state index is 13.0. The van der Waals surface area contributed by atoms with E-state index in [1.54, 1.807) is 6.07 Å². The molecular formula is C16H11FO5. The first kappa shape index (κ1) is 14.1. The number of hydrogen-bond acceptors (Lipinski definition) is 5. The van der Waals surface area contributed by atoms with Crippen molar-refractivity contribution in [3.63, 3.8) is 0 Å². The zero-order chi connectivity index (χ0) is 15.5. The molecular weight excluding hydrogens is 291 g/mol. The zero-order valence-corrected chi connectivity index (χ0v) is 11.4. The minimum absolute atomic E-state index is 0.103. The number of carbonyl (C=O) groups is 2. The largest absolute Gasteiger partial charge is 0.454 e. The fourth-order valence-electron chi connectivity index (χ4n) is 1.98. The zero-order valence-electron chi connectivity index (χ0n) is 11.4. The summed E-state index contributed by atoms with van der Waals surface area (Å²) in [6.45, 7) is -0.359. The van der Waals surface area contributed by atoms with Gasteiger partial charge in [-0.25, -0.2) is 9.18 Å². The third-order valence-corrected chi connectivity index (χ3v) is 3.09. The summed E-state index contributed by atoms with van der Waals surface area (Å²) < 4.78 is 28.3. The summed E-state index contributed by atoms with van der Waals surface area (Å²) in [5.74, 6) is -0.664. The van der Waals surface area contributed by atoms with Crippen molar-refractivity contribution in [2.45, 2.75) is 0 Å². The van der Waals surface area contributed by atoms with Gasteiger partial charge in [-0.15, -0.1) is 0 Å². The molecule has 22 heavy (non-hydrogen) atoms. The van der Waals surface area contributed by atoms with Gasteiger partial charge in [0.2, 0.25) is 6.79 Å². The van der Waals surface area contributed by atoms with Crippen LogP contribution < -0.4 is 9.47 Å². The van der Waals surface area contributed by atoms with Gasteiger partial charge in [0.1, 0.15) is 5.82 Å². The molecule has 1 heterocycles. The SMILES string of the molecule is O=C(COC(=O)c1ccc2c(c1)OCO2)c1cccc(F)c1. The molecule has 0 aliphatic carbocycles. The quantitative estimate of drug-likeness (QED) is 0.641. The standard InChI is InChI=1S/C16H11FO5/c17-12-3-1-2-10(6-12)13(18)8-20-16(19)11-4-5-14-15(7-11)22-9-21-14/h1-7H,8-9H2. The van der Waals surface area contributed by atoms with Crippen LogP contribution in [0.25, 0.3) is 0 Å². The average Bonchev–Trinajstić information content (AvgIpc) is 2.99. The van der Waals surface area contributed by atoms with E-state index in [9.17, 15) is 14.0 Å². The van der Waals surface area contributed by atoms with E-state index in [-0.39, 0.29) is 17.9 Å². The molecule has 2 aromatic rings. The van der Waals surface area contributed by atoms with Crippen LogP contribution in [0.4, 0.5) is 4.39 Å². The minimum atomic E-state index is -0.664. The second-order valence-electron chi connectivity index (χ2n) is 4.58. The summed E-state index contributed by atoms with van der Waals surface area (Å²) in [6, 6.07) is 9.79. The Bertz CT molecular complexity index is 741. The lowest BCUT2D eigenvalue weighted by Crippen LogP contribution is -2.14. The van der Waals surface area contributed by atoms with E-state index in [1.165, 1.54) is 30.3 Å². The third kappa shape index (κ3) is 2.90. The van der Waals surface area contributed by atoms with Gasteiger partial charge in [0.25, 0.3) is 0 Å². The van der Waals surface area contributed by atoms with Crippen molar-refractivity contribution < 1.29 is 28.2 Å². The Kier molecular flexibility index (Phi) is 3.74. The summed E-state index contributed by atoms with van der Waals surface area (Å²) in [5, 5.41) is 0. The van der Waals surface area contributed by atoms with Gasteiger partial charge in [0.05, 0.1) is 5.56 Å². The van der Waals surface area contributed by atoms with Crippen LogP contribution >= 0.6 is 0 Å². The molecule has 0 saturated heterocycles. The Hall–Kier alpha value is -2.89. The number of fused-ring (bicyclic) bond motifs is 1. The van der Waals surface area contributed by atoms with Crippen LogP contribution in [-0.4, -0.2) is 25.2 Å². The van der Waals surface area contributed by atoms with E-state index in [0.717, 1.165) is 6.07 Å². The van der Waals surface area contributed by atoms with Gasteiger partial charge >= 0.3 is 5.97 Å².